The summed E-state index contributed by atoms with van der Waals surface area (Å²) in [4.78, 5) is 24.6. The van der Waals surface area contributed by atoms with Gasteiger partial charge in [0.25, 0.3) is 11.8 Å². The van der Waals surface area contributed by atoms with Crippen molar-refractivity contribution in [1.82, 2.24) is 19.7 Å². The van der Waals surface area contributed by atoms with E-state index in [2.05, 4.69) is 10.9 Å². The molecule has 1 aromatic heterocycles. The van der Waals surface area contributed by atoms with E-state index in [1.165, 1.54) is 31.3 Å². The van der Waals surface area contributed by atoms with E-state index in [0.717, 1.165) is 15.2 Å². The molecule has 0 atom stereocenters. The van der Waals surface area contributed by atoms with Crippen LogP contribution in [0.25, 0.3) is 10.9 Å². The summed E-state index contributed by atoms with van der Waals surface area (Å²) < 4.78 is 27.7. The molecule has 3 rings (SSSR count). The number of fused-ring (bicyclic) bond motifs is 1. The fourth-order valence-corrected chi connectivity index (χ4v) is 4.05. The zero-order chi connectivity index (χ0) is 21.9. The Bertz CT molecular complexity index is 1260. The molecule has 0 aliphatic rings. The molecule has 0 bridgehead atoms. The SMILES string of the molecule is CN(CC(=O)NNC(=O)c1cn(C)c2ccccc12)S(=O)(=O)c1ccc(C#N)cc1. The monoisotopic (exact) mass is 425 g/mol. The second kappa shape index (κ2) is 8.36. The van der Waals surface area contributed by atoms with Crippen LogP contribution in [0, 0.1) is 11.3 Å². The van der Waals surface area contributed by atoms with Gasteiger partial charge in [-0.3, -0.25) is 20.4 Å². The third-order valence-corrected chi connectivity index (χ3v) is 6.33. The van der Waals surface area contributed by atoms with Gasteiger partial charge in [-0.1, -0.05) is 18.2 Å². The van der Waals surface area contributed by atoms with Crippen molar-refractivity contribution in [1.29, 1.82) is 5.26 Å². The highest BCUT2D eigenvalue weighted by molar-refractivity contribution is 7.89. The lowest BCUT2D eigenvalue weighted by Crippen LogP contribution is -2.46. The molecule has 9 nitrogen and oxygen atoms in total. The maximum atomic E-state index is 12.5. The van der Waals surface area contributed by atoms with Crippen LogP contribution in [-0.2, 0) is 21.9 Å². The predicted octanol–water partition coefficient (Wildman–Crippen LogP) is 1.13. The number of para-hydroxylation sites is 1. The Morgan fingerprint density at radius 3 is 2.43 bits per heavy atom. The number of likely N-dealkylation sites (N-methyl/N-ethyl adjacent to an activating group) is 1. The summed E-state index contributed by atoms with van der Waals surface area (Å²) in [6.45, 7) is -0.502. The van der Waals surface area contributed by atoms with Gasteiger partial charge in [0.1, 0.15) is 0 Å². The molecule has 0 aliphatic carbocycles. The van der Waals surface area contributed by atoms with Crippen molar-refractivity contribution in [3.8, 4) is 6.07 Å². The van der Waals surface area contributed by atoms with Gasteiger partial charge in [0, 0.05) is 31.2 Å². The lowest BCUT2D eigenvalue weighted by Gasteiger charge is -2.17. The minimum Gasteiger partial charge on any atom is -0.350 e. The first-order valence-corrected chi connectivity index (χ1v) is 10.3. The smallest absolute Gasteiger partial charge is 0.271 e. The molecule has 2 amide bonds. The fraction of sp³-hybridized carbons (Fsp3) is 0.150. The number of hydrazine groups is 1. The molecule has 30 heavy (non-hydrogen) atoms. The number of carbonyl (C=O) groups excluding carboxylic acids is 2. The predicted molar refractivity (Wildman–Crippen MR) is 110 cm³/mol. The Balaban J connectivity index is 1.63. The van der Waals surface area contributed by atoms with Crippen LogP contribution in [0.3, 0.4) is 0 Å². The number of carbonyl (C=O) groups is 2. The number of benzene rings is 2. The normalized spacial score (nSPS) is 11.3. The van der Waals surface area contributed by atoms with Crippen molar-refractivity contribution in [3.05, 3.63) is 65.9 Å². The first-order valence-electron chi connectivity index (χ1n) is 8.84. The van der Waals surface area contributed by atoms with Crippen molar-refractivity contribution in [3.63, 3.8) is 0 Å². The summed E-state index contributed by atoms with van der Waals surface area (Å²) >= 11 is 0. The van der Waals surface area contributed by atoms with Gasteiger partial charge in [0.2, 0.25) is 10.0 Å². The Morgan fingerprint density at radius 2 is 1.77 bits per heavy atom. The Hall–Kier alpha value is -3.68. The largest absolute Gasteiger partial charge is 0.350 e. The van der Waals surface area contributed by atoms with Crippen LogP contribution < -0.4 is 10.9 Å². The van der Waals surface area contributed by atoms with Crippen molar-refractivity contribution in [2.45, 2.75) is 4.90 Å². The standard InChI is InChI=1S/C20H19N5O4S/c1-24-12-17(16-5-3-4-6-18(16)24)20(27)23-22-19(26)13-25(2)30(28,29)15-9-7-14(11-21)8-10-15/h3-10,12H,13H2,1-2H3,(H,22,26)(H,23,27). The number of aryl methyl sites for hydroxylation is 1. The van der Waals surface area contributed by atoms with Crippen LogP contribution >= 0.6 is 0 Å². The van der Waals surface area contributed by atoms with Crippen LogP contribution in [0.15, 0.2) is 59.6 Å². The molecule has 10 heteroatoms. The molecule has 1 heterocycles. The van der Waals surface area contributed by atoms with Gasteiger partial charge < -0.3 is 4.57 Å². The van der Waals surface area contributed by atoms with Gasteiger partial charge in [-0.25, -0.2) is 8.42 Å². The average molecular weight is 425 g/mol. The van der Waals surface area contributed by atoms with Crippen molar-refractivity contribution >= 4 is 32.7 Å². The Labute approximate surface area is 173 Å². The molecule has 0 unspecified atom stereocenters. The van der Waals surface area contributed by atoms with Gasteiger partial charge in [-0.05, 0) is 30.3 Å². The molecule has 154 valence electrons. The second-order valence-electron chi connectivity index (χ2n) is 6.57. The van der Waals surface area contributed by atoms with E-state index >= 15 is 0 Å². The summed E-state index contributed by atoms with van der Waals surface area (Å²) in [7, 11) is -0.872. The summed E-state index contributed by atoms with van der Waals surface area (Å²) in [6, 6.07) is 14.6. The van der Waals surface area contributed by atoms with Crippen molar-refractivity contribution in [2.75, 3.05) is 13.6 Å². The number of hydrogen-bond acceptors (Lipinski definition) is 5. The zero-order valence-electron chi connectivity index (χ0n) is 16.3. The van der Waals surface area contributed by atoms with Crippen LogP contribution in [0.5, 0.6) is 0 Å². The highest BCUT2D eigenvalue weighted by atomic mass is 32.2. The molecule has 3 aromatic rings. The summed E-state index contributed by atoms with van der Waals surface area (Å²) in [5.74, 6) is -1.22. The lowest BCUT2D eigenvalue weighted by atomic mass is 10.2. The minimum absolute atomic E-state index is 0.0448. The van der Waals surface area contributed by atoms with Crippen molar-refractivity contribution in [2.24, 2.45) is 7.05 Å². The highest BCUT2D eigenvalue weighted by Crippen LogP contribution is 2.20. The topological polar surface area (TPSA) is 124 Å². The second-order valence-corrected chi connectivity index (χ2v) is 8.62. The van der Waals surface area contributed by atoms with E-state index < -0.39 is 28.4 Å². The molecule has 0 saturated heterocycles. The molecule has 0 spiro atoms. The fourth-order valence-electron chi connectivity index (χ4n) is 2.92. The molecule has 0 radical (unpaired) electrons. The van der Waals surface area contributed by atoms with Crippen LogP contribution in [0.2, 0.25) is 0 Å². The van der Waals surface area contributed by atoms with Gasteiger partial charge >= 0.3 is 0 Å². The van der Waals surface area contributed by atoms with Crippen molar-refractivity contribution < 1.29 is 18.0 Å². The molecule has 0 fully saturated rings. The maximum Gasteiger partial charge on any atom is 0.271 e. The van der Waals surface area contributed by atoms with E-state index in [1.54, 1.807) is 29.9 Å². The number of aromatic nitrogens is 1. The first-order chi connectivity index (χ1) is 14.2. The molecular weight excluding hydrogens is 406 g/mol. The number of nitrogens with one attached hydrogen (secondary N) is 2. The first kappa shape index (κ1) is 21.0. The van der Waals surface area contributed by atoms with Crippen LogP contribution in [-0.4, -0.2) is 42.7 Å². The number of amides is 2. The van der Waals surface area contributed by atoms with E-state index in [9.17, 15) is 18.0 Å². The Morgan fingerprint density at radius 1 is 1.10 bits per heavy atom. The van der Waals surface area contributed by atoms with Gasteiger partial charge in [-0.2, -0.15) is 9.57 Å². The number of sulfonamides is 1. The number of nitrogens with zero attached hydrogens (tertiary/aromatic N) is 3. The van der Waals surface area contributed by atoms with Crippen LogP contribution in [0.1, 0.15) is 15.9 Å². The Kier molecular flexibility index (Phi) is 5.86. The summed E-state index contributed by atoms with van der Waals surface area (Å²) in [6.07, 6.45) is 1.65. The molecule has 0 aliphatic heterocycles. The van der Waals surface area contributed by atoms with E-state index in [1.807, 2.05) is 18.2 Å². The lowest BCUT2D eigenvalue weighted by molar-refractivity contribution is -0.121. The van der Waals surface area contributed by atoms with Gasteiger partial charge in [-0.15, -0.1) is 0 Å². The van der Waals surface area contributed by atoms with Crippen LogP contribution in [0.4, 0.5) is 0 Å². The van der Waals surface area contributed by atoms with Gasteiger partial charge in [0.05, 0.1) is 28.6 Å². The summed E-state index contributed by atoms with van der Waals surface area (Å²) in [5.41, 5.74) is 6.11. The average Bonchev–Trinajstić information content (AvgIpc) is 3.09. The number of hydrogen-bond donors (Lipinski definition) is 2. The number of rotatable bonds is 5. The maximum absolute atomic E-state index is 12.5. The van der Waals surface area contributed by atoms with E-state index in [-0.39, 0.29) is 4.90 Å². The summed E-state index contributed by atoms with van der Waals surface area (Å²) in [5, 5.41) is 9.54. The molecular formula is C20H19N5O4S. The highest BCUT2D eigenvalue weighted by Gasteiger charge is 2.23. The molecule has 2 N–H and O–H groups in total. The van der Waals surface area contributed by atoms with E-state index in [4.69, 9.17) is 5.26 Å². The minimum atomic E-state index is -3.93. The quantitative estimate of drug-likeness (QED) is 0.593. The zero-order valence-corrected chi connectivity index (χ0v) is 17.1. The third kappa shape index (κ3) is 4.17. The third-order valence-electron chi connectivity index (χ3n) is 4.51. The van der Waals surface area contributed by atoms with E-state index in [0.29, 0.717) is 11.1 Å². The molecule has 2 aromatic carbocycles. The number of nitriles is 1. The molecule has 0 saturated carbocycles. The van der Waals surface area contributed by atoms with Gasteiger partial charge in [0.15, 0.2) is 0 Å².